The largest absolute Gasteiger partial charge is 0.459 e. The van der Waals surface area contributed by atoms with Crippen LogP contribution in [0.5, 0.6) is 0 Å². The maximum absolute atomic E-state index is 11.8. The molecule has 0 saturated heterocycles. The normalized spacial score (nSPS) is 11.9. The van der Waals surface area contributed by atoms with Crippen LogP contribution in [0.2, 0.25) is 0 Å². The Morgan fingerprint density at radius 1 is 1.24 bits per heavy atom. The van der Waals surface area contributed by atoms with Gasteiger partial charge in [-0.1, -0.05) is 29.8 Å². The van der Waals surface area contributed by atoms with E-state index in [-0.39, 0.29) is 12.7 Å². The molecule has 0 heterocycles. The van der Waals surface area contributed by atoms with E-state index in [2.05, 4.69) is 0 Å². The molecular weight excluding hydrogens is 294 g/mol. The summed E-state index contributed by atoms with van der Waals surface area (Å²) >= 11 is 6.10. The first kappa shape index (κ1) is 17.3. The summed E-state index contributed by atoms with van der Waals surface area (Å²) in [5.41, 5.74) is -0.330. The number of alkyl halides is 1. The quantitative estimate of drug-likeness (QED) is 0.459. The van der Waals surface area contributed by atoms with E-state index in [9.17, 15) is 9.59 Å². The number of likely N-dealkylation sites (N-methyl/N-ethyl adjacent to an activating group) is 1. The second kappa shape index (κ2) is 8.52. The first-order valence-corrected chi connectivity index (χ1v) is 7.22. The smallest absolute Gasteiger partial charge is 0.411 e. The number of nitrogens with zero attached hydrogens (tertiary/aromatic N) is 1. The fourth-order valence-electron chi connectivity index (χ4n) is 1.60. The van der Waals surface area contributed by atoms with Crippen molar-refractivity contribution in [2.24, 2.45) is 0 Å². The van der Waals surface area contributed by atoms with Gasteiger partial charge in [0, 0.05) is 6.54 Å². The van der Waals surface area contributed by atoms with Crippen LogP contribution in [0, 0.1) is 0 Å². The van der Waals surface area contributed by atoms with Gasteiger partial charge in [0.05, 0.1) is 11.7 Å². The zero-order valence-electron chi connectivity index (χ0n) is 12.4. The second-order valence-electron chi connectivity index (χ2n) is 4.62. The molecule has 21 heavy (non-hydrogen) atoms. The standard InChI is InChI=1S/C15H20ClNO4/c1-4-17(15(19)21-11(2)3)13(16)10-20-14(18)12-8-6-5-7-9-12/h5-9,11,13H,4,10H2,1-3H3. The molecule has 0 fully saturated rings. The molecule has 1 atom stereocenters. The van der Waals surface area contributed by atoms with Crippen LogP contribution >= 0.6 is 11.6 Å². The number of ether oxygens (including phenoxy) is 2. The van der Waals surface area contributed by atoms with Gasteiger partial charge in [0.15, 0.2) is 0 Å². The van der Waals surface area contributed by atoms with Crippen molar-refractivity contribution in [2.45, 2.75) is 32.4 Å². The molecule has 5 nitrogen and oxygen atoms in total. The van der Waals surface area contributed by atoms with Crippen LogP contribution in [0.25, 0.3) is 0 Å². The number of hydrogen-bond acceptors (Lipinski definition) is 4. The van der Waals surface area contributed by atoms with Crippen LogP contribution in [0.4, 0.5) is 4.79 Å². The third-order valence-corrected chi connectivity index (χ3v) is 2.97. The Morgan fingerprint density at radius 2 is 1.86 bits per heavy atom. The highest BCUT2D eigenvalue weighted by molar-refractivity contribution is 6.21. The Bertz CT molecular complexity index is 464. The molecule has 1 aromatic carbocycles. The molecule has 0 aliphatic carbocycles. The topological polar surface area (TPSA) is 55.8 Å². The lowest BCUT2D eigenvalue weighted by Crippen LogP contribution is -2.41. The van der Waals surface area contributed by atoms with E-state index >= 15 is 0 Å². The summed E-state index contributed by atoms with van der Waals surface area (Å²) in [6.07, 6.45) is -0.759. The number of rotatable bonds is 6. The third-order valence-electron chi connectivity index (χ3n) is 2.61. The molecule has 0 spiro atoms. The van der Waals surface area contributed by atoms with E-state index in [1.165, 1.54) is 4.90 Å². The van der Waals surface area contributed by atoms with Gasteiger partial charge in [-0.05, 0) is 32.9 Å². The van der Waals surface area contributed by atoms with Crippen LogP contribution in [-0.4, -0.2) is 41.7 Å². The molecule has 1 aromatic rings. The Hall–Kier alpha value is -1.75. The fraction of sp³-hybridized carbons (Fsp3) is 0.467. The van der Waals surface area contributed by atoms with Crippen molar-refractivity contribution in [3.63, 3.8) is 0 Å². The summed E-state index contributed by atoms with van der Waals surface area (Å²) in [6, 6.07) is 8.59. The predicted octanol–water partition coefficient (Wildman–Crippen LogP) is 3.28. The molecule has 0 aliphatic rings. The number of halogens is 1. The number of esters is 1. The van der Waals surface area contributed by atoms with Crippen molar-refractivity contribution >= 4 is 23.7 Å². The summed E-state index contributed by atoms with van der Waals surface area (Å²) < 4.78 is 10.2. The lowest BCUT2D eigenvalue weighted by atomic mass is 10.2. The molecule has 0 saturated carbocycles. The molecule has 116 valence electrons. The van der Waals surface area contributed by atoms with Gasteiger partial charge in [-0.2, -0.15) is 0 Å². The Balaban J connectivity index is 2.53. The maximum atomic E-state index is 11.8. The number of carbonyl (C=O) groups excluding carboxylic acids is 2. The van der Waals surface area contributed by atoms with Gasteiger partial charge in [0.1, 0.15) is 12.1 Å². The van der Waals surface area contributed by atoms with Crippen LogP contribution < -0.4 is 0 Å². The summed E-state index contributed by atoms with van der Waals surface area (Å²) in [6.45, 7) is 5.55. The van der Waals surface area contributed by atoms with Gasteiger partial charge in [0.2, 0.25) is 0 Å². The van der Waals surface area contributed by atoms with Crippen molar-refractivity contribution < 1.29 is 19.1 Å². The van der Waals surface area contributed by atoms with Crippen molar-refractivity contribution in [1.82, 2.24) is 4.90 Å². The van der Waals surface area contributed by atoms with E-state index in [0.29, 0.717) is 12.1 Å². The lowest BCUT2D eigenvalue weighted by molar-refractivity contribution is 0.0368. The first-order valence-electron chi connectivity index (χ1n) is 6.79. The predicted molar refractivity (Wildman–Crippen MR) is 80.4 cm³/mol. The molecule has 1 rings (SSSR count). The van der Waals surface area contributed by atoms with Crippen molar-refractivity contribution in [3.05, 3.63) is 35.9 Å². The Morgan fingerprint density at radius 3 is 2.38 bits per heavy atom. The minimum absolute atomic E-state index is 0.101. The molecule has 0 aromatic heterocycles. The molecule has 0 radical (unpaired) electrons. The second-order valence-corrected chi connectivity index (χ2v) is 5.12. The average Bonchev–Trinajstić information content (AvgIpc) is 2.45. The number of carbonyl (C=O) groups is 2. The highest BCUT2D eigenvalue weighted by atomic mass is 35.5. The number of hydrogen-bond donors (Lipinski definition) is 0. The summed E-state index contributed by atoms with van der Waals surface area (Å²) in [4.78, 5) is 24.9. The summed E-state index contributed by atoms with van der Waals surface area (Å²) in [5, 5.41) is 0. The van der Waals surface area contributed by atoms with Crippen molar-refractivity contribution in [2.75, 3.05) is 13.2 Å². The Kier molecular flexibility index (Phi) is 7.02. The van der Waals surface area contributed by atoms with E-state index in [0.717, 1.165) is 0 Å². The molecule has 1 unspecified atom stereocenters. The fourth-order valence-corrected chi connectivity index (χ4v) is 1.88. The number of amides is 1. The number of benzene rings is 1. The molecule has 0 bridgehead atoms. The zero-order chi connectivity index (χ0) is 15.8. The third kappa shape index (κ3) is 5.63. The van der Waals surface area contributed by atoms with E-state index in [1.54, 1.807) is 45.0 Å². The molecular formula is C15H20ClNO4. The first-order chi connectivity index (χ1) is 9.95. The van der Waals surface area contributed by atoms with E-state index in [4.69, 9.17) is 21.1 Å². The average molecular weight is 314 g/mol. The van der Waals surface area contributed by atoms with Gasteiger partial charge >= 0.3 is 12.1 Å². The van der Waals surface area contributed by atoms with E-state index < -0.39 is 17.6 Å². The molecule has 1 amide bonds. The van der Waals surface area contributed by atoms with Crippen LogP contribution in [0.1, 0.15) is 31.1 Å². The highest BCUT2D eigenvalue weighted by Crippen LogP contribution is 2.10. The maximum Gasteiger partial charge on any atom is 0.411 e. The summed E-state index contributed by atoms with van der Waals surface area (Å²) in [7, 11) is 0. The van der Waals surface area contributed by atoms with Gasteiger partial charge in [-0.15, -0.1) is 0 Å². The monoisotopic (exact) mass is 313 g/mol. The van der Waals surface area contributed by atoms with Crippen molar-refractivity contribution in [1.29, 1.82) is 0 Å². The van der Waals surface area contributed by atoms with Crippen LogP contribution in [0.15, 0.2) is 30.3 Å². The van der Waals surface area contributed by atoms with Gasteiger partial charge in [-0.25, -0.2) is 9.59 Å². The van der Waals surface area contributed by atoms with Gasteiger partial charge < -0.3 is 9.47 Å². The Labute approximate surface area is 129 Å². The van der Waals surface area contributed by atoms with E-state index in [1.807, 2.05) is 6.07 Å². The van der Waals surface area contributed by atoms with Crippen molar-refractivity contribution in [3.8, 4) is 0 Å². The van der Waals surface area contributed by atoms with Gasteiger partial charge in [-0.3, -0.25) is 4.90 Å². The van der Waals surface area contributed by atoms with Gasteiger partial charge in [0.25, 0.3) is 0 Å². The zero-order valence-corrected chi connectivity index (χ0v) is 13.2. The minimum atomic E-state index is -0.770. The molecule has 0 N–H and O–H groups in total. The highest BCUT2D eigenvalue weighted by Gasteiger charge is 2.23. The molecule has 6 heteroatoms. The lowest BCUT2D eigenvalue weighted by Gasteiger charge is -2.26. The molecule has 0 aliphatic heterocycles. The van der Waals surface area contributed by atoms with Crippen LogP contribution in [-0.2, 0) is 9.47 Å². The minimum Gasteiger partial charge on any atom is -0.459 e. The summed E-state index contributed by atoms with van der Waals surface area (Å²) in [5.74, 6) is -0.477. The SMILES string of the molecule is CCN(C(=O)OC(C)C)C(Cl)COC(=O)c1ccccc1. The van der Waals surface area contributed by atoms with Crippen LogP contribution in [0.3, 0.4) is 0 Å².